The Morgan fingerprint density at radius 2 is 1.75 bits per heavy atom. The number of carbonyl (C=O) groups is 1. The number of nitrogens with one attached hydrogen (secondary N) is 2. The zero-order valence-corrected chi connectivity index (χ0v) is 18.2. The van der Waals surface area contributed by atoms with Gasteiger partial charge in [0.2, 0.25) is 0 Å². The molecule has 0 radical (unpaired) electrons. The molecule has 5 rings (SSSR count). The highest BCUT2D eigenvalue weighted by molar-refractivity contribution is 6.08. The molecular weight excluding hydrogens is 405 g/mol. The first-order valence-corrected chi connectivity index (χ1v) is 11.5. The molecule has 0 saturated heterocycles. The molecule has 2 fully saturated rings. The highest BCUT2D eigenvalue weighted by Gasteiger charge is 2.34. The van der Waals surface area contributed by atoms with Gasteiger partial charge in [0, 0.05) is 11.4 Å². The minimum Gasteiger partial charge on any atom is -0.345 e. The molecule has 1 amide bonds. The number of halogens is 1. The summed E-state index contributed by atoms with van der Waals surface area (Å²) in [5, 5.41) is 3.51. The van der Waals surface area contributed by atoms with Crippen LogP contribution in [-0.2, 0) is 0 Å². The first-order valence-electron chi connectivity index (χ1n) is 11.5. The summed E-state index contributed by atoms with van der Waals surface area (Å²) in [6.07, 6.45) is 6.25. The molecule has 2 aliphatic carbocycles. The zero-order valence-electron chi connectivity index (χ0n) is 18.2. The largest absolute Gasteiger partial charge is 0.345 e. The Kier molecular flexibility index (Phi) is 5.45. The van der Waals surface area contributed by atoms with Crippen molar-refractivity contribution in [3.05, 3.63) is 81.5 Å². The predicted molar refractivity (Wildman–Crippen MR) is 124 cm³/mol. The Morgan fingerprint density at radius 1 is 1.03 bits per heavy atom. The number of benzene rings is 2. The number of carbonyl (C=O) groups excluding carboxylic acids is 1. The highest BCUT2D eigenvalue weighted by atomic mass is 19.1. The summed E-state index contributed by atoms with van der Waals surface area (Å²) in [5.74, 6) is -0.488. The van der Waals surface area contributed by atoms with Gasteiger partial charge < -0.3 is 10.7 Å². The molecule has 0 aliphatic heterocycles. The first-order chi connectivity index (χ1) is 15.5. The lowest BCUT2D eigenvalue weighted by atomic mass is 9.99. The summed E-state index contributed by atoms with van der Waals surface area (Å²) in [6, 6.07) is 14.5. The maximum Gasteiger partial charge on any atom is 0.279 e. The fraction of sp³-hybridized carbons (Fsp3) is 0.385. The Balaban J connectivity index is 1.60. The average molecular weight is 434 g/mol. The Morgan fingerprint density at radius 3 is 2.44 bits per heavy atom. The van der Waals surface area contributed by atoms with E-state index in [9.17, 15) is 14.0 Å². The molecule has 32 heavy (non-hydrogen) atoms. The van der Waals surface area contributed by atoms with Crippen LogP contribution in [-0.4, -0.2) is 16.6 Å². The van der Waals surface area contributed by atoms with Gasteiger partial charge in [-0.05, 0) is 50.2 Å². The minimum atomic E-state index is -0.606. The molecule has 1 heterocycles. The van der Waals surface area contributed by atoms with E-state index < -0.39 is 11.4 Å². The van der Waals surface area contributed by atoms with E-state index in [4.69, 9.17) is 0 Å². The zero-order chi connectivity index (χ0) is 22.2. The first kappa shape index (κ1) is 20.7. The number of rotatable bonds is 6. The van der Waals surface area contributed by atoms with Gasteiger partial charge in [0.05, 0.1) is 22.7 Å². The number of aromatic nitrogens is 1. The number of pyridine rings is 1. The van der Waals surface area contributed by atoms with Gasteiger partial charge in [-0.25, -0.2) is 9.07 Å². The lowest BCUT2D eigenvalue weighted by Crippen LogP contribution is -2.39. The molecule has 2 saturated carbocycles. The average Bonchev–Trinajstić information content (AvgIpc) is 3.50. The van der Waals surface area contributed by atoms with Gasteiger partial charge in [-0.2, -0.15) is 0 Å². The van der Waals surface area contributed by atoms with E-state index in [1.165, 1.54) is 10.7 Å². The fourth-order valence-corrected chi connectivity index (χ4v) is 4.98. The summed E-state index contributed by atoms with van der Waals surface area (Å²) < 4.78 is 16.2. The van der Waals surface area contributed by atoms with Crippen molar-refractivity contribution in [2.75, 3.05) is 5.43 Å². The van der Waals surface area contributed by atoms with Crippen LogP contribution in [0, 0.1) is 18.7 Å². The van der Waals surface area contributed by atoms with Crippen molar-refractivity contribution in [1.82, 2.24) is 9.99 Å². The second-order valence-corrected chi connectivity index (χ2v) is 9.07. The third-order valence-corrected chi connectivity index (χ3v) is 6.83. The molecule has 6 heteroatoms. The van der Waals surface area contributed by atoms with E-state index in [1.807, 2.05) is 30.3 Å². The standard InChI is InChI=1S/C26H28FN3O2/c1-16-22(25(31)28-24(18-14-15-18)17-8-3-2-4-9-17)20-12-7-13-21(27)23(20)26(32)30(16)29-19-10-5-6-11-19/h2-4,7-9,12-13,18-19,24,29H,5-6,10-11,14-15H2,1H3,(H,28,31)/t24-/m1/s1. The summed E-state index contributed by atoms with van der Waals surface area (Å²) >= 11 is 0. The molecule has 166 valence electrons. The molecule has 1 aromatic heterocycles. The normalized spacial score (nSPS) is 17.4. The Hall–Kier alpha value is -3.15. The molecule has 1 atom stereocenters. The second kappa shape index (κ2) is 8.41. The smallest absolute Gasteiger partial charge is 0.279 e. The monoisotopic (exact) mass is 433 g/mol. The number of amides is 1. The number of hydrogen-bond donors (Lipinski definition) is 2. The van der Waals surface area contributed by atoms with Gasteiger partial charge in [-0.3, -0.25) is 9.59 Å². The SMILES string of the molecule is Cc1c(C(=O)N[C@H](c2ccccc2)C2CC2)c2cccc(F)c2c(=O)n1NC1CCCC1. The molecule has 3 aromatic rings. The topological polar surface area (TPSA) is 63.1 Å². The molecular formula is C26H28FN3O2. The van der Waals surface area contributed by atoms with E-state index >= 15 is 0 Å². The lowest BCUT2D eigenvalue weighted by Gasteiger charge is -2.24. The molecule has 2 aromatic carbocycles. The van der Waals surface area contributed by atoms with Gasteiger partial charge in [0.1, 0.15) is 5.82 Å². The fourth-order valence-electron chi connectivity index (χ4n) is 4.98. The van der Waals surface area contributed by atoms with E-state index in [1.54, 1.807) is 19.1 Å². The third kappa shape index (κ3) is 3.78. The molecule has 2 N–H and O–H groups in total. The summed E-state index contributed by atoms with van der Waals surface area (Å²) in [6.45, 7) is 1.76. The summed E-state index contributed by atoms with van der Waals surface area (Å²) in [7, 11) is 0. The molecule has 0 unspecified atom stereocenters. The van der Waals surface area contributed by atoms with Crippen LogP contribution in [0.4, 0.5) is 4.39 Å². The van der Waals surface area contributed by atoms with Crippen LogP contribution in [0.5, 0.6) is 0 Å². The van der Waals surface area contributed by atoms with E-state index in [-0.39, 0.29) is 23.4 Å². The van der Waals surface area contributed by atoms with Crippen molar-refractivity contribution in [3.8, 4) is 0 Å². The van der Waals surface area contributed by atoms with Crippen molar-refractivity contribution >= 4 is 16.7 Å². The van der Waals surface area contributed by atoms with Gasteiger partial charge in [-0.1, -0.05) is 55.3 Å². The van der Waals surface area contributed by atoms with Crippen molar-refractivity contribution in [2.45, 2.75) is 57.5 Å². The van der Waals surface area contributed by atoms with Crippen molar-refractivity contribution in [2.24, 2.45) is 5.92 Å². The van der Waals surface area contributed by atoms with Crippen LogP contribution < -0.4 is 16.3 Å². The van der Waals surface area contributed by atoms with Crippen LogP contribution in [0.15, 0.2) is 53.3 Å². The molecule has 5 nitrogen and oxygen atoms in total. The van der Waals surface area contributed by atoms with Crippen LogP contribution in [0.1, 0.15) is 66.2 Å². The number of fused-ring (bicyclic) bond motifs is 1. The van der Waals surface area contributed by atoms with Gasteiger partial charge >= 0.3 is 0 Å². The summed E-state index contributed by atoms with van der Waals surface area (Å²) in [4.78, 5) is 26.9. The van der Waals surface area contributed by atoms with Crippen LogP contribution >= 0.6 is 0 Å². The maximum absolute atomic E-state index is 14.8. The molecule has 0 bridgehead atoms. The Bertz CT molecular complexity index is 1210. The maximum atomic E-state index is 14.8. The van der Waals surface area contributed by atoms with Crippen LogP contribution in [0.25, 0.3) is 10.8 Å². The molecule has 2 aliphatic rings. The van der Waals surface area contributed by atoms with Gasteiger partial charge in [0.25, 0.3) is 11.5 Å². The van der Waals surface area contributed by atoms with Gasteiger partial charge in [0.15, 0.2) is 0 Å². The second-order valence-electron chi connectivity index (χ2n) is 9.07. The van der Waals surface area contributed by atoms with E-state index in [0.717, 1.165) is 44.1 Å². The van der Waals surface area contributed by atoms with Crippen molar-refractivity contribution in [1.29, 1.82) is 0 Å². The lowest BCUT2D eigenvalue weighted by molar-refractivity contribution is 0.0932. The quantitative estimate of drug-likeness (QED) is 0.586. The van der Waals surface area contributed by atoms with E-state index in [2.05, 4.69) is 10.7 Å². The predicted octanol–water partition coefficient (Wildman–Crippen LogP) is 4.82. The van der Waals surface area contributed by atoms with Gasteiger partial charge in [-0.15, -0.1) is 0 Å². The number of hydrogen-bond acceptors (Lipinski definition) is 3. The van der Waals surface area contributed by atoms with Crippen molar-refractivity contribution in [3.63, 3.8) is 0 Å². The number of nitrogens with zero attached hydrogens (tertiary/aromatic N) is 1. The van der Waals surface area contributed by atoms with E-state index in [0.29, 0.717) is 22.6 Å². The van der Waals surface area contributed by atoms with Crippen LogP contribution in [0.3, 0.4) is 0 Å². The Labute approximate surface area is 186 Å². The highest BCUT2D eigenvalue weighted by Crippen LogP contribution is 2.41. The van der Waals surface area contributed by atoms with Crippen molar-refractivity contribution < 1.29 is 9.18 Å². The minimum absolute atomic E-state index is 0.0450. The molecule has 0 spiro atoms. The summed E-state index contributed by atoms with van der Waals surface area (Å²) in [5.41, 5.74) is 4.76. The van der Waals surface area contributed by atoms with Crippen LogP contribution in [0.2, 0.25) is 0 Å². The third-order valence-electron chi connectivity index (χ3n) is 6.83.